The van der Waals surface area contributed by atoms with Crippen LogP contribution in [-0.4, -0.2) is 55.1 Å². The van der Waals surface area contributed by atoms with Crippen molar-refractivity contribution < 1.29 is 0 Å². The van der Waals surface area contributed by atoms with E-state index in [0.717, 1.165) is 17.6 Å². The standard InChI is InChI=1S/C13H20ClN3S/c14-12-2-8-18-13(12)10-16-4-6-17(7-5-16)11-1-3-15-9-11/h2,8,11,15H,1,3-7,9-10H2. The van der Waals surface area contributed by atoms with E-state index in [1.807, 2.05) is 6.07 Å². The maximum absolute atomic E-state index is 6.16. The van der Waals surface area contributed by atoms with Crippen LogP contribution in [0.5, 0.6) is 0 Å². The van der Waals surface area contributed by atoms with Gasteiger partial charge in [0.1, 0.15) is 0 Å². The lowest BCUT2D eigenvalue weighted by Crippen LogP contribution is -2.50. The molecular weight excluding hydrogens is 266 g/mol. The van der Waals surface area contributed by atoms with Crippen LogP contribution in [0.1, 0.15) is 11.3 Å². The lowest BCUT2D eigenvalue weighted by Gasteiger charge is -2.37. The molecular formula is C13H20ClN3S. The van der Waals surface area contributed by atoms with Crippen LogP contribution in [0.15, 0.2) is 11.4 Å². The first-order valence-corrected chi connectivity index (χ1v) is 7.97. The number of nitrogens with zero attached hydrogens (tertiary/aromatic N) is 2. The largest absolute Gasteiger partial charge is 0.315 e. The van der Waals surface area contributed by atoms with Crippen molar-refractivity contribution in [1.82, 2.24) is 15.1 Å². The van der Waals surface area contributed by atoms with Gasteiger partial charge in [0, 0.05) is 50.2 Å². The Kier molecular flexibility index (Phi) is 4.21. The molecule has 5 heteroatoms. The van der Waals surface area contributed by atoms with Gasteiger partial charge in [-0.2, -0.15) is 0 Å². The molecule has 1 N–H and O–H groups in total. The molecule has 2 aliphatic heterocycles. The van der Waals surface area contributed by atoms with Crippen molar-refractivity contribution in [2.75, 3.05) is 39.3 Å². The Morgan fingerprint density at radius 2 is 2.17 bits per heavy atom. The summed E-state index contributed by atoms with van der Waals surface area (Å²) in [5, 5.41) is 6.47. The number of halogens is 1. The minimum atomic E-state index is 0.775. The first kappa shape index (κ1) is 12.9. The Morgan fingerprint density at radius 3 is 2.78 bits per heavy atom. The molecule has 2 saturated heterocycles. The van der Waals surface area contributed by atoms with Gasteiger partial charge in [-0.25, -0.2) is 0 Å². The summed E-state index contributed by atoms with van der Waals surface area (Å²) in [6.07, 6.45) is 1.32. The van der Waals surface area contributed by atoms with E-state index in [1.54, 1.807) is 11.3 Å². The molecule has 0 spiro atoms. The SMILES string of the molecule is Clc1ccsc1CN1CCN(C2CCNC2)CC1. The number of rotatable bonds is 3. The van der Waals surface area contributed by atoms with Gasteiger partial charge in [0.25, 0.3) is 0 Å². The van der Waals surface area contributed by atoms with Crippen molar-refractivity contribution in [2.24, 2.45) is 0 Å². The zero-order chi connectivity index (χ0) is 12.4. The Morgan fingerprint density at radius 1 is 1.33 bits per heavy atom. The summed E-state index contributed by atoms with van der Waals surface area (Å²) < 4.78 is 0. The minimum absolute atomic E-state index is 0.775. The van der Waals surface area contributed by atoms with Gasteiger partial charge in [0.05, 0.1) is 5.02 Å². The van der Waals surface area contributed by atoms with Crippen molar-refractivity contribution >= 4 is 22.9 Å². The van der Waals surface area contributed by atoms with Gasteiger partial charge in [0.15, 0.2) is 0 Å². The van der Waals surface area contributed by atoms with Gasteiger partial charge in [0.2, 0.25) is 0 Å². The predicted molar refractivity (Wildman–Crippen MR) is 77.5 cm³/mol. The second-order valence-electron chi connectivity index (χ2n) is 5.15. The fourth-order valence-corrected chi connectivity index (χ4v) is 4.02. The molecule has 0 amide bonds. The first-order valence-electron chi connectivity index (χ1n) is 6.72. The molecule has 3 nitrogen and oxygen atoms in total. The molecule has 0 saturated carbocycles. The maximum atomic E-state index is 6.16. The van der Waals surface area contributed by atoms with Crippen molar-refractivity contribution in [1.29, 1.82) is 0 Å². The topological polar surface area (TPSA) is 18.5 Å². The van der Waals surface area contributed by atoms with Crippen LogP contribution in [-0.2, 0) is 6.54 Å². The Bertz CT molecular complexity index is 381. The summed E-state index contributed by atoms with van der Waals surface area (Å²) in [4.78, 5) is 6.48. The van der Waals surface area contributed by atoms with Gasteiger partial charge in [-0.1, -0.05) is 11.6 Å². The van der Waals surface area contributed by atoms with Crippen LogP contribution in [0, 0.1) is 0 Å². The summed E-state index contributed by atoms with van der Waals surface area (Å²) in [6.45, 7) is 8.14. The number of piperazine rings is 1. The highest BCUT2D eigenvalue weighted by molar-refractivity contribution is 7.10. The van der Waals surface area contributed by atoms with Crippen LogP contribution >= 0.6 is 22.9 Å². The van der Waals surface area contributed by atoms with E-state index in [0.29, 0.717) is 0 Å². The van der Waals surface area contributed by atoms with Crippen LogP contribution in [0.4, 0.5) is 0 Å². The molecule has 0 radical (unpaired) electrons. The molecule has 100 valence electrons. The monoisotopic (exact) mass is 285 g/mol. The molecule has 3 heterocycles. The Balaban J connectivity index is 1.49. The van der Waals surface area contributed by atoms with Gasteiger partial charge in [-0.15, -0.1) is 11.3 Å². The highest BCUT2D eigenvalue weighted by Crippen LogP contribution is 2.24. The molecule has 2 fully saturated rings. The van der Waals surface area contributed by atoms with E-state index >= 15 is 0 Å². The Hall–Kier alpha value is -0.130. The van der Waals surface area contributed by atoms with E-state index in [1.165, 1.54) is 50.6 Å². The summed E-state index contributed by atoms with van der Waals surface area (Å²) in [7, 11) is 0. The molecule has 1 aromatic rings. The van der Waals surface area contributed by atoms with Gasteiger partial charge >= 0.3 is 0 Å². The lowest BCUT2D eigenvalue weighted by atomic mass is 10.2. The van der Waals surface area contributed by atoms with Crippen LogP contribution in [0.25, 0.3) is 0 Å². The number of nitrogens with one attached hydrogen (secondary N) is 1. The normalized spacial score (nSPS) is 26.8. The third kappa shape index (κ3) is 2.89. The van der Waals surface area contributed by atoms with Crippen molar-refractivity contribution in [2.45, 2.75) is 19.0 Å². The second-order valence-corrected chi connectivity index (χ2v) is 6.56. The fraction of sp³-hybridized carbons (Fsp3) is 0.692. The van der Waals surface area contributed by atoms with E-state index in [9.17, 15) is 0 Å². The average molecular weight is 286 g/mol. The molecule has 1 unspecified atom stereocenters. The van der Waals surface area contributed by atoms with Crippen LogP contribution in [0.2, 0.25) is 5.02 Å². The average Bonchev–Trinajstić information content (AvgIpc) is 3.03. The zero-order valence-corrected chi connectivity index (χ0v) is 12.1. The van der Waals surface area contributed by atoms with E-state index in [-0.39, 0.29) is 0 Å². The van der Waals surface area contributed by atoms with Crippen molar-refractivity contribution in [3.05, 3.63) is 21.3 Å². The summed E-state index contributed by atoms with van der Waals surface area (Å²) in [5.74, 6) is 0. The fourth-order valence-electron chi connectivity index (χ4n) is 2.88. The van der Waals surface area contributed by atoms with Gasteiger partial charge in [-0.3, -0.25) is 9.80 Å². The van der Waals surface area contributed by atoms with Crippen molar-refractivity contribution in [3.63, 3.8) is 0 Å². The Labute approximate surface area is 118 Å². The molecule has 0 aromatic carbocycles. The van der Waals surface area contributed by atoms with Gasteiger partial charge < -0.3 is 5.32 Å². The van der Waals surface area contributed by atoms with E-state index in [4.69, 9.17) is 11.6 Å². The zero-order valence-electron chi connectivity index (χ0n) is 10.6. The van der Waals surface area contributed by atoms with Crippen LogP contribution < -0.4 is 5.32 Å². The molecule has 2 aliphatic rings. The predicted octanol–water partition coefficient (Wildman–Crippen LogP) is 1.88. The van der Waals surface area contributed by atoms with E-state index in [2.05, 4.69) is 20.5 Å². The molecule has 0 aliphatic carbocycles. The summed E-state index contributed by atoms with van der Waals surface area (Å²) in [6, 6.07) is 2.78. The quantitative estimate of drug-likeness (QED) is 0.915. The molecule has 3 rings (SSSR count). The molecule has 1 aromatic heterocycles. The molecule has 18 heavy (non-hydrogen) atoms. The minimum Gasteiger partial charge on any atom is -0.315 e. The maximum Gasteiger partial charge on any atom is 0.0558 e. The van der Waals surface area contributed by atoms with Crippen LogP contribution in [0.3, 0.4) is 0 Å². The summed E-state index contributed by atoms with van der Waals surface area (Å²) >= 11 is 7.93. The molecule has 0 bridgehead atoms. The second kappa shape index (κ2) is 5.88. The third-order valence-electron chi connectivity index (χ3n) is 4.02. The first-order chi connectivity index (χ1) is 8.83. The third-order valence-corrected chi connectivity index (χ3v) is 5.39. The number of hydrogen-bond acceptors (Lipinski definition) is 4. The smallest absolute Gasteiger partial charge is 0.0558 e. The molecule has 1 atom stereocenters. The lowest BCUT2D eigenvalue weighted by molar-refractivity contribution is 0.0988. The van der Waals surface area contributed by atoms with Gasteiger partial charge in [-0.05, 0) is 24.4 Å². The highest BCUT2D eigenvalue weighted by atomic mass is 35.5. The van der Waals surface area contributed by atoms with E-state index < -0.39 is 0 Å². The summed E-state index contributed by atoms with van der Waals surface area (Å²) in [5.41, 5.74) is 0. The highest BCUT2D eigenvalue weighted by Gasteiger charge is 2.26. The number of hydrogen-bond donors (Lipinski definition) is 1. The number of thiophene rings is 1. The van der Waals surface area contributed by atoms with Crippen molar-refractivity contribution in [3.8, 4) is 0 Å².